The monoisotopic (exact) mass is 333 g/mol. The normalized spacial score (nSPS) is 28.1. The Morgan fingerprint density at radius 2 is 2.25 bits per heavy atom. The summed E-state index contributed by atoms with van der Waals surface area (Å²) < 4.78 is 3.01. The number of carbonyl (C=O) groups is 1. The Labute approximate surface area is 125 Å². The van der Waals surface area contributed by atoms with Crippen LogP contribution < -0.4 is 10.6 Å². The molecule has 3 atom stereocenters. The fourth-order valence-electron chi connectivity index (χ4n) is 3.44. The molecule has 4 heterocycles. The van der Waals surface area contributed by atoms with E-state index in [4.69, 9.17) is 0 Å². The van der Waals surface area contributed by atoms with E-state index in [0.29, 0.717) is 17.6 Å². The Balaban J connectivity index is 1.54. The molecule has 2 aromatic rings. The van der Waals surface area contributed by atoms with Gasteiger partial charge in [-0.05, 0) is 53.4 Å². The van der Waals surface area contributed by atoms with Gasteiger partial charge in [0.2, 0.25) is 0 Å². The summed E-state index contributed by atoms with van der Waals surface area (Å²) in [5.74, 6) is 0.0241. The first kappa shape index (κ1) is 12.4. The summed E-state index contributed by atoms with van der Waals surface area (Å²) in [6, 6.07) is 7.19. The summed E-state index contributed by atoms with van der Waals surface area (Å²) in [6.45, 7) is 0. The number of hydrogen-bond donors (Lipinski definition) is 2. The van der Waals surface area contributed by atoms with Crippen molar-refractivity contribution < 1.29 is 4.79 Å². The largest absolute Gasteiger partial charge is 0.348 e. The number of carbonyl (C=O) groups excluding carboxylic acids is 1. The average molecular weight is 334 g/mol. The Morgan fingerprint density at radius 3 is 3.00 bits per heavy atom. The fraction of sp³-hybridized carbons (Fsp3) is 0.400. The van der Waals surface area contributed by atoms with E-state index in [1.54, 1.807) is 0 Å². The highest BCUT2D eigenvalue weighted by molar-refractivity contribution is 9.10. The molecule has 0 spiro atoms. The van der Waals surface area contributed by atoms with Gasteiger partial charge in [0.05, 0.1) is 11.1 Å². The second-order valence-corrected chi connectivity index (χ2v) is 6.59. The van der Waals surface area contributed by atoms with Crippen LogP contribution in [-0.2, 0) is 0 Å². The first-order valence-corrected chi connectivity index (χ1v) is 7.83. The summed E-state index contributed by atoms with van der Waals surface area (Å²) in [6.07, 6.45) is 7.33. The molecule has 2 aliphatic rings. The van der Waals surface area contributed by atoms with Gasteiger partial charge in [-0.1, -0.05) is 0 Å². The number of rotatable bonds is 2. The van der Waals surface area contributed by atoms with Crippen LogP contribution in [0.5, 0.6) is 0 Å². The highest BCUT2D eigenvalue weighted by Gasteiger charge is 2.39. The minimum absolute atomic E-state index is 0.0241. The molecule has 0 aromatic carbocycles. The van der Waals surface area contributed by atoms with Crippen molar-refractivity contribution in [3.05, 3.63) is 40.6 Å². The number of pyridine rings is 1. The lowest BCUT2D eigenvalue weighted by Crippen LogP contribution is -2.42. The number of nitrogens with zero attached hydrogens (tertiary/aromatic N) is 1. The molecule has 0 radical (unpaired) electrons. The van der Waals surface area contributed by atoms with Crippen molar-refractivity contribution in [3.63, 3.8) is 0 Å². The van der Waals surface area contributed by atoms with Crippen LogP contribution in [0.1, 0.15) is 29.6 Å². The molecule has 104 valence electrons. The van der Waals surface area contributed by atoms with Gasteiger partial charge in [-0.25, -0.2) is 0 Å². The molecule has 0 unspecified atom stereocenters. The maximum atomic E-state index is 12.4. The number of aromatic nitrogens is 1. The summed E-state index contributed by atoms with van der Waals surface area (Å²) in [4.78, 5) is 12.4. The number of halogens is 1. The van der Waals surface area contributed by atoms with Crippen LogP contribution in [0.25, 0.3) is 5.52 Å². The highest BCUT2D eigenvalue weighted by Crippen LogP contribution is 2.28. The third-order valence-corrected chi connectivity index (χ3v) is 5.15. The molecule has 20 heavy (non-hydrogen) atoms. The first-order chi connectivity index (χ1) is 9.70. The van der Waals surface area contributed by atoms with Crippen LogP contribution in [0.2, 0.25) is 0 Å². The van der Waals surface area contributed by atoms with Crippen molar-refractivity contribution >= 4 is 27.4 Å². The highest BCUT2D eigenvalue weighted by atomic mass is 79.9. The quantitative estimate of drug-likeness (QED) is 0.885. The zero-order valence-electron chi connectivity index (χ0n) is 11.0. The van der Waals surface area contributed by atoms with Crippen molar-refractivity contribution in [2.45, 2.75) is 37.4 Å². The molecule has 2 aromatic heterocycles. The lowest BCUT2D eigenvalue weighted by atomic mass is 9.95. The Morgan fingerprint density at radius 1 is 1.35 bits per heavy atom. The molecular formula is C15H16BrN3O. The van der Waals surface area contributed by atoms with Gasteiger partial charge in [-0.2, -0.15) is 0 Å². The molecule has 2 fully saturated rings. The van der Waals surface area contributed by atoms with Crippen molar-refractivity contribution in [1.29, 1.82) is 0 Å². The van der Waals surface area contributed by atoms with Crippen LogP contribution in [-0.4, -0.2) is 28.4 Å². The second-order valence-electron chi connectivity index (χ2n) is 5.74. The Kier molecular flexibility index (Phi) is 2.86. The third-order valence-electron chi connectivity index (χ3n) is 4.48. The summed E-state index contributed by atoms with van der Waals surface area (Å²) >= 11 is 3.49. The minimum Gasteiger partial charge on any atom is -0.348 e. The molecule has 2 bridgehead atoms. The molecule has 4 nitrogen and oxygen atoms in total. The first-order valence-electron chi connectivity index (χ1n) is 7.04. The summed E-state index contributed by atoms with van der Waals surface area (Å²) in [5.41, 5.74) is 1.78. The van der Waals surface area contributed by atoms with E-state index in [2.05, 4.69) is 26.6 Å². The second kappa shape index (κ2) is 4.60. The van der Waals surface area contributed by atoms with E-state index >= 15 is 0 Å². The fourth-order valence-corrected chi connectivity index (χ4v) is 3.90. The smallest absolute Gasteiger partial charge is 0.253 e. The van der Waals surface area contributed by atoms with E-state index in [1.807, 2.05) is 35.0 Å². The zero-order valence-corrected chi connectivity index (χ0v) is 12.6. The molecule has 0 saturated carbocycles. The Hall–Kier alpha value is -1.33. The number of nitrogens with one attached hydrogen (secondary N) is 2. The van der Waals surface area contributed by atoms with E-state index < -0.39 is 0 Å². The number of hydrogen-bond acceptors (Lipinski definition) is 2. The third kappa shape index (κ3) is 1.96. The van der Waals surface area contributed by atoms with Gasteiger partial charge in [-0.3, -0.25) is 4.79 Å². The predicted molar refractivity (Wildman–Crippen MR) is 80.9 cm³/mol. The minimum atomic E-state index is 0.0241. The summed E-state index contributed by atoms with van der Waals surface area (Å²) in [5, 5.41) is 6.71. The molecule has 0 aliphatic carbocycles. The number of fused-ring (bicyclic) bond motifs is 3. The van der Waals surface area contributed by atoms with Crippen LogP contribution >= 0.6 is 15.9 Å². The lowest BCUT2D eigenvalue weighted by molar-refractivity contribution is 0.0930. The molecule has 5 heteroatoms. The molecule has 2 saturated heterocycles. The van der Waals surface area contributed by atoms with E-state index in [0.717, 1.165) is 16.4 Å². The molecule has 4 rings (SSSR count). The van der Waals surface area contributed by atoms with Crippen molar-refractivity contribution in [2.24, 2.45) is 0 Å². The van der Waals surface area contributed by atoms with E-state index in [-0.39, 0.29) is 11.9 Å². The van der Waals surface area contributed by atoms with Gasteiger partial charge in [-0.15, -0.1) is 0 Å². The molecular weight excluding hydrogens is 318 g/mol. The predicted octanol–water partition coefficient (Wildman–Crippen LogP) is 2.32. The number of amides is 1. The maximum Gasteiger partial charge on any atom is 0.253 e. The van der Waals surface area contributed by atoms with Gasteiger partial charge in [0, 0.05) is 35.0 Å². The van der Waals surface area contributed by atoms with Gasteiger partial charge >= 0.3 is 0 Å². The Bertz CT molecular complexity index is 681. The maximum absolute atomic E-state index is 12.4. The van der Waals surface area contributed by atoms with Crippen LogP contribution in [0.4, 0.5) is 0 Å². The average Bonchev–Trinajstić information content (AvgIpc) is 3.14. The van der Waals surface area contributed by atoms with E-state index in [9.17, 15) is 4.79 Å². The van der Waals surface area contributed by atoms with Crippen LogP contribution in [0, 0.1) is 0 Å². The van der Waals surface area contributed by atoms with Crippen LogP contribution in [0.15, 0.2) is 35.1 Å². The summed E-state index contributed by atoms with van der Waals surface area (Å²) in [7, 11) is 0. The topological polar surface area (TPSA) is 45.5 Å². The molecule has 2 aliphatic heterocycles. The van der Waals surface area contributed by atoms with Crippen molar-refractivity contribution in [2.75, 3.05) is 0 Å². The van der Waals surface area contributed by atoms with Gasteiger partial charge in [0.25, 0.3) is 5.91 Å². The van der Waals surface area contributed by atoms with Gasteiger partial charge in [0.15, 0.2) is 0 Å². The van der Waals surface area contributed by atoms with Crippen molar-refractivity contribution in [1.82, 2.24) is 15.0 Å². The molecule has 2 N–H and O–H groups in total. The van der Waals surface area contributed by atoms with Gasteiger partial charge < -0.3 is 15.0 Å². The van der Waals surface area contributed by atoms with Crippen LogP contribution in [0.3, 0.4) is 0 Å². The zero-order chi connectivity index (χ0) is 13.7. The lowest BCUT2D eigenvalue weighted by Gasteiger charge is -2.21. The van der Waals surface area contributed by atoms with Gasteiger partial charge in [0.1, 0.15) is 0 Å². The SMILES string of the molecule is O=C(N[C@@H]1C[C@H]2CC[C@@H]1N2)c1ccc2c(Br)ccn2c1. The molecule has 1 amide bonds. The standard InChI is InChI=1S/C15H16BrN3O/c16-11-5-6-19-8-9(1-4-14(11)19)15(20)18-13-7-10-2-3-12(13)17-10/h1,4-6,8,10,12-13,17H,2-3,7H2,(H,18,20)/t10-,12+,13-/m1/s1. The van der Waals surface area contributed by atoms with E-state index in [1.165, 1.54) is 12.8 Å². The van der Waals surface area contributed by atoms with Crippen molar-refractivity contribution in [3.8, 4) is 0 Å².